The summed E-state index contributed by atoms with van der Waals surface area (Å²) in [5, 5.41) is 5.13. The van der Waals surface area contributed by atoms with Crippen LogP contribution in [0.5, 0.6) is 0 Å². The molecule has 1 aliphatic heterocycles. The molecule has 3 rings (SSSR count). The molecule has 1 atom stereocenters. The first kappa shape index (κ1) is 19.4. The highest BCUT2D eigenvalue weighted by molar-refractivity contribution is 7.09. The molecule has 1 fully saturated rings. The van der Waals surface area contributed by atoms with E-state index in [2.05, 4.69) is 10.3 Å². The van der Waals surface area contributed by atoms with Gasteiger partial charge in [0.1, 0.15) is 10.7 Å². The van der Waals surface area contributed by atoms with Gasteiger partial charge in [-0.2, -0.15) is 0 Å². The molecule has 2 aromatic rings. The number of carbonyl (C=O) groups is 2. The lowest BCUT2D eigenvalue weighted by atomic mass is 10.1. The quantitative estimate of drug-likeness (QED) is 0.847. The molecule has 5 nitrogen and oxygen atoms in total. The van der Waals surface area contributed by atoms with Gasteiger partial charge in [-0.1, -0.05) is 30.3 Å². The van der Waals surface area contributed by atoms with Gasteiger partial charge in [0.2, 0.25) is 5.91 Å². The average Bonchev–Trinajstić information content (AvgIpc) is 3.11. The maximum absolute atomic E-state index is 13.3. The van der Waals surface area contributed by atoms with Gasteiger partial charge in [-0.25, -0.2) is 13.8 Å². The van der Waals surface area contributed by atoms with Gasteiger partial charge in [0, 0.05) is 38.2 Å². The molecule has 144 valence electrons. The summed E-state index contributed by atoms with van der Waals surface area (Å²) in [4.78, 5) is 30.0. The Labute approximate surface area is 160 Å². The van der Waals surface area contributed by atoms with E-state index in [1.165, 1.54) is 23.2 Å². The number of hydrogen-bond acceptors (Lipinski definition) is 4. The number of carbonyl (C=O) groups excluding carboxylic acids is 2. The minimum atomic E-state index is -2.70. The fraction of sp³-hybridized carbons (Fsp3) is 0.421. The Bertz CT molecular complexity index is 800. The number of alkyl halides is 2. The number of piperidine rings is 1. The summed E-state index contributed by atoms with van der Waals surface area (Å²) in [6, 6.07) is 9.33. The zero-order chi connectivity index (χ0) is 19.4. The van der Waals surface area contributed by atoms with E-state index >= 15 is 0 Å². The van der Waals surface area contributed by atoms with Gasteiger partial charge in [-0.3, -0.25) is 9.59 Å². The predicted molar refractivity (Wildman–Crippen MR) is 98.9 cm³/mol. The van der Waals surface area contributed by atoms with Crippen molar-refractivity contribution >= 4 is 23.2 Å². The second-order valence-corrected chi connectivity index (χ2v) is 7.55. The van der Waals surface area contributed by atoms with Crippen molar-refractivity contribution in [3.8, 4) is 0 Å². The molecule has 0 bridgehead atoms. The van der Waals surface area contributed by atoms with Crippen molar-refractivity contribution in [2.75, 3.05) is 13.1 Å². The highest BCUT2D eigenvalue weighted by Crippen LogP contribution is 2.29. The number of nitrogens with one attached hydrogen (secondary N) is 1. The van der Waals surface area contributed by atoms with Gasteiger partial charge in [0.25, 0.3) is 11.8 Å². The fourth-order valence-corrected chi connectivity index (χ4v) is 3.88. The van der Waals surface area contributed by atoms with Crippen molar-refractivity contribution in [3.63, 3.8) is 0 Å². The van der Waals surface area contributed by atoms with Crippen molar-refractivity contribution in [1.82, 2.24) is 15.2 Å². The normalized spacial score (nSPS) is 17.4. The van der Waals surface area contributed by atoms with E-state index in [1.54, 1.807) is 5.38 Å². The lowest BCUT2D eigenvalue weighted by Gasteiger charge is -2.31. The molecule has 1 saturated heterocycles. The van der Waals surface area contributed by atoms with Gasteiger partial charge in [0.05, 0.1) is 6.04 Å². The van der Waals surface area contributed by atoms with E-state index in [9.17, 15) is 18.4 Å². The predicted octanol–water partition coefficient (Wildman–Crippen LogP) is 3.43. The summed E-state index contributed by atoms with van der Waals surface area (Å²) in [5.41, 5.74) is 1.28. The number of likely N-dealkylation sites (tertiary alicyclic amines) is 1. The average molecular weight is 393 g/mol. The molecule has 27 heavy (non-hydrogen) atoms. The molecular weight excluding hydrogens is 372 g/mol. The van der Waals surface area contributed by atoms with Crippen LogP contribution in [0.25, 0.3) is 0 Å². The first-order valence-corrected chi connectivity index (χ1v) is 9.65. The van der Waals surface area contributed by atoms with Crippen LogP contribution in [0, 0.1) is 0 Å². The summed E-state index contributed by atoms with van der Waals surface area (Å²) in [6.45, 7) is 1.49. The highest BCUT2D eigenvalue weighted by Gasteiger charge is 2.36. The van der Waals surface area contributed by atoms with Crippen LogP contribution < -0.4 is 5.32 Å². The Balaban J connectivity index is 1.73. The Morgan fingerprint density at radius 1 is 1.26 bits per heavy atom. The number of rotatable bonds is 5. The van der Waals surface area contributed by atoms with Crippen LogP contribution in [-0.4, -0.2) is 40.7 Å². The second-order valence-electron chi connectivity index (χ2n) is 6.66. The summed E-state index contributed by atoms with van der Waals surface area (Å²) in [5.74, 6) is -3.22. The Hall–Kier alpha value is -2.35. The molecule has 2 amide bonds. The molecule has 2 heterocycles. The maximum atomic E-state index is 13.3. The van der Waals surface area contributed by atoms with Crippen LogP contribution in [0.1, 0.15) is 46.9 Å². The molecule has 8 heteroatoms. The zero-order valence-electron chi connectivity index (χ0n) is 15.0. The Kier molecular flexibility index (Phi) is 5.84. The monoisotopic (exact) mass is 393 g/mol. The summed E-state index contributed by atoms with van der Waals surface area (Å²) >= 11 is 1.29. The van der Waals surface area contributed by atoms with Crippen LogP contribution >= 0.6 is 11.3 Å². The van der Waals surface area contributed by atoms with Crippen molar-refractivity contribution in [2.24, 2.45) is 0 Å². The molecule has 0 aliphatic carbocycles. The number of nitrogens with zero attached hydrogens (tertiary/aromatic N) is 2. The SMILES string of the molecule is CC(=O)N[C@@H](Cc1ccccc1)c1nc(C(=O)N2CCC(F)(F)CC2)cs1. The van der Waals surface area contributed by atoms with Crippen LogP contribution in [-0.2, 0) is 11.2 Å². The first-order chi connectivity index (χ1) is 12.8. The maximum Gasteiger partial charge on any atom is 0.273 e. The summed E-state index contributed by atoms with van der Waals surface area (Å²) < 4.78 is 26.6. The van der Waals surface area contributed by atoms with Crippen molar-refractivity contribution < 1.29 is 18.4 Å². The minimum Gasteiger partial charge on any atom is -0.347 e. The minimum absolute atomic E-state index is 0.0256. The summed E-state index contributed by atoms with van der Waals surface area (Å²) in [6.07, 6.45) is -0.0893. The van der Waals surface area contributed by atoms with E-state index < -0.39 is 5.92 Å². The van der Waals surface area contributed by atoms with E-state index in [0.29, 0.717) is 11.4 Å². The van der Waals surface area contributed by atoms with Gasteiger partial charge in [-0.15, -0.1) is 11.3 Å². The topological polar surface area (TPSA) is 62.3 Å². The zero-order valence-corrected chi connectivity index (χ0v) is 15.8. The van der Waals surface area contributed by atoms with Crippen LogP contribution in [0.15, 0.2) is 35.7 Å². The van der Waals surface area contributed by atoms with Crippen molar-refractivity contribution in [1.29, 1.82) is 0 Å². The number of hydrogen-bond donors (Lipinski definition) is 1. The number of benzene rings is 1. The molecule has 0 saturated carbocycles. The van der Waals surface area contributed by atoms with Gasteiger partial charge < -0.3 is 10.2 Å². The molecule has 1 aromatic carbocycles. The van der Waals surface area contributed by atoms with Crippen LogP contribution in [0.4, 0.5) is 8.78 Å². The van der Waals surface area contributed by atoms with E-state index in [4.69, 9.17) is 0 Å². The molecular formula is C19H21F2N3O2S. The summed E-state index contributed by atoms with van der Waals surface area (Å²) in [7, 11) is 0. The third-order valence-electron chi connectivity index (χ3n) is 4.48. The molecule has 1 aromatic heterocycles. The largest absolute Gasteiger partial charge is 0.347 e. The second kappa shape index (κ2) is 8.12. The lowest BCUT2D eigenvalue weighted by molar-refractivity contribution is -0.119. The lowest BCUT2D eigenvalue weighted by Crippen LogP contribution is -2.42. The van der Waals surface area contributed by atoms with Gasteiger partial charge >= 0.3 is 0 Å². The van der Waals surface area contributed by atoms with E-state index in [0.717, 1.165) is 5.56 Å². The molecule has 1 aliphatic rings. The highest BCUT2D eigenvalue weighted by atomic mass is 32.1. The van der Waals surface area contributed by atoms with E-state index in [1.807, 2.05) is 30.3 Å². The Morgan fingerprint density at radius 2 is 1.93 bits per heavy atom. The molecule has 0 spiro atoms. The van der Waals surface area contributed by atoms with Gasteiger partial charge in [-0.05, 0) is 12.0 Å². The van der Waals surface area contributed by atoms with Crippen molar-refractivity contribution in [2.45, 2.75) is 38.2 Å². The first-order valence-electron chi connectivity index (χ1n) is 8.77. The molecule has 0 radical (unpaired) electrons. The Morgan fingerprint density at radius 3 is 2.56 bits per heavy atom. The number of aromatic nitrogens is 1. The van der Waals surface area contributed by atoms with Crippen LogP contribution in [0.2, 0.25) is 0 Å². The third-order valence-corrected chi connectivity index (χ3v) is 5.44. The smallest absolute Gasteiger partial charge is 0.273 e. The number of thiazole rings is 1. The fourth-order valence-electron chi connectivity index (χ4n) is 3.04. The van der Waals surface area contributed by atoms with Crippen LogP contribution in [0.3, 0.4) is 0 Å². The standard InChI is InChI=1S/C19H21F2N3O2S/c1-13(25)22-15(11-14-5-3-2-4-6-14)17-23-16(12-27-17)18(26)24-9-7-19(20,21)8-10-24/h2-6,12,15H,7-11H2,1H3,(H,22,25)/t15-/m0/s1. The third kappa shape index (κ3) is 5.09. The van der Waals surface area contributed by atoms with E-state index in [-0.39, 0.29) is 49.5 Å². The number of amides is 2. The number of halogens is 2. The molecule has 1 N–H and O–H groups in total. The van der Waals surface area contributed by atoms with Gasteiger partial charge in [0.15, 0.2) is 0 Å². The molecule has 0 unspecified atom stereocenters. The van der Waals surface area contributed by atoms with Crippen molar-refractivity contribution in [3.05, 3.63) is 52.0 Å².